The summed E-state index contributed by atoms with van der Waals surface area (Å²) in [7, 11) is 0. The van der Waals surface area contributed by atoms with Crippen LogP contribution in [0.4, 0.5) is 0 Å². The smallest absolute Gasteiger partial charge is 0.328 e. The molecule has 2 heteroatoms. The van der Waals surface area contributed by atoms with Crippen LogP contribution in [0.2, 0.25) is 0 Å². The van der Waals surface area contributed by atoms with Gasteiger partial charge in [-0.15, -0.1) is 0 Å². The van der Waals surface area contributed by atoms with E-state index < -0.39 is 5.97 Å². The number of hydrogen-bond acceptors (Lipinski definition) is 1. The van der Waals surface area contributed by atoms with Gasteiger partial charge in [0.1, 0.15) is 0 Å². The first-order valence-corrected chi connectivity index (χ1v) is 8.75. The van der Waals surface area contributed by atoms with Gasteiger partial charge in [0.25, 0.3) is 0 Å². The van der Waals surface area contributed by atoms with Crippen LogP contribution in [0.1, 0.15) is 90.4 Å². The van der Waals surface area contributed by atoms with Gasteiger partial charge in [-0.1, -0.05) is 95.8 Å². The van der Waals surface area contributed by atoms with E-state index in [0.717, 1.165) is 18.4 Å². The topological polar surface area (TPSA) is 37.3 Å². The van der Waals surface area contributed by atoms with E-state index in [2.05, 4.69) is 13.5 Å². The first-order valence-electron chi connectivity index (χ1n) is 8.75. The number of hydrogen-bond donors (Lipinski definition) is 1. The van der Waals surface area contributed by atoms with E-state index in [1.165, 1.54) is 76.7 Å². The Balaban J connectivity index is 3.19. The minimum atomic E-state index is -0.897. The zero-order chi connectivity index (χ0) is 15.8. The van der Waals surface area contributed by atoms with Gasteiger partial charge in [0, 0.05) is 6.08 Å². The van der Waals surface area contributed by atoms with Crippen LogP contribution in [0.3, 0.4) is 0 Å². The van der Waals surface area contributed by atoms with Crippen molar-refractivity contribution in [1.82, 2.24) is 0 Å². The normalized spacial score (nSPS) is 11.1. The molecule has 122 valence electrons. The molecule has 0 saturated carbocycles. The summed E-state index contributed by atoms with van der Waals surface area (Å²) in [4.78, 5) is 10.4. The van der Waals surface area contributed by atoms with Crippen molar-refractivity contribution in [3.63, 3.8) is 0 Å². The standard InChI is InChI=1S/C19H34O2/c1-3-4-5-6-7-8-9-10-11-12-13-14-15-18(2)16-17-19(20)21/h16-17H,2-15H2,1H3,(H,20,21). The van der Waals surface area contributed by atoms with Crippen molar-refractivity contribution in [3.05, 3.63) is 24.3 Å². The van der Waals surface area contributed by atoms with Crippen LogP contribution >= 0.6 is 0 Å². The molecule has 0 rings (SSSR count). The molecule has 0 aromatic rings. The van der Waals surface area contributed by atoms with E-state index in [4.69, 9.17) is 5.11 Å². The molecule has 0 saturated heterocycles. The summed E-state index contributed by atoms with van der Waals surface area (Å²) in [6.07, 6.45) is 19.8. The molecule has 2 nitrogen and oxygen atoms in total. The second-order valence-corrected chi connectivity index (χ2v) is 5.97. The lowest BCUT2D eigenvalue weighted by Crippen LogP contribution is -1.87. The lowest BCUT2D eigenvalue weighted by atomic mass is 10.0. The minimum Gasteiger partial charge on any atom is -0.478 e. The van der Waals surface area contributed by atoms with Gasteiger partial charge >= 0.3 is 5.97 Å². The molecular formula is C19H34O2. The molecule has 0 heterocycles. The maximum atomic E-state index is 10.4. The number of allylic oxidation sites excluding steroid dienone is 2. The first kappa shape index (κ1) is 19.9. The average molecular weight is 294 g/mol. The lowest BCUT2D eigenvalue weighted by Gasteiger charge is -2.03. The van der Waals surface area contributed by atoms with Crippen LogP contribution in [0, 0.1) is 0 Å². The Morgan fingerprint density at radius 2 is 1.24 bits per heavy atom. The Hall–Kier alpha value is -1.05. The van der Waals surface area contributed by atoms with E-state index in [9.17, 15) is 4.79 Å². The van der Waals surface area contributed by atoms with E-state index >= 15 is 0 Å². The maximum absolute atomic E-state index is 10.4. The van der Waals surface area contributed by atoms with E-state index in [-0.39, 0.29) is 0 Å². The van der Waals surface area contributed by atoms with E-state index in [0.29, 0.717) is 0 Å². The van der Waals surface area contributed by atoms with Crippen LogP contribution in [0.5, 0.6) is 0 Å². The van der Waals surface area contributed by atoms with E-state index in [1.807, 2.05) is 0 Å². The Labute approximate surface area is 131 Å². The number of unbranched alkanes of at least 4 members (excludes halogenated alkanes) is 11. The zero-order valence-electron chi connectivity index (χ0n) is 13.9. The summed E-state index contributed by atoms with van der Waals surface area (Å²) in [5, 5.41) is 8.51. The molecule has 0 unspecified atom stereocenters. The summed E-state index contributed by atoms with van der Waals surface area (Å²) in [5.41, 5.74) is 0.921. The van der Waals surface area contributed by atoms with Crippen molar-refractivity contribution in [3.8, 4) is 0 Å². The van der Waals surface area contributed by atoms with Gasteiger partial charge in [0.15, 0.2) is 0 Å². The molecular weight excluding hydrogens is 260 g/mol. The fourth-order valence-electron chi connectivity index (χ4n) is 2.47. The monoisotopic (exact) mass is 294 g/mol. The average Bonchev–Trinajstić information content (AvgIpc) is 2.46. The molecule has 0 atom stereocenters. The zero-order valence-corrected chi connectivity index (χ0v) is 13.9. The predicted octanol–water partition coefficient (Wildman–Crippen LogP) is 6.27. The highest BCUT2D eigenvalue weighted by Gasteiger charge is 1.95. The fraction of sp³-hybridized carbons (Fsp3) is 0.737. The third kappa shape index (κ3) is 16.9. The number of carboxylic acid groups (broad SMARTS) is 1. The molecule has 1 N–H and O–H groups in total. The molecule has 0 aliphatic heterocycles. The highest BCUT2D eigenvalue weighted by Crippen LogP contribution is 2.14. The Morgan fingerprint density at radius 3 is 1.67 bits per heavy atom. The van der Waals surface area contributed by atoms with Gasteiger partial charge in [0.05, 0.1) is 0 Å². The Kier molecular flexibility index (Phi) is 14.6. The van der Waals surface area contributed by atoms with Crippen LogP contribution in [-0.4, -0.2) is 11.1 Å². The van der Waals surface area contributed by atoms with Crippen molar-refractivity contribution >= 4 is 5.97 Å². The van der Waals surface area contributed by atoms with Gasteiger partial charge < -0.3 is 5.11 Å². The molecule has 0 aliphatic rings. The van der Waals surface area contributed by atoms with Gasteiger partial charge in [-0.3, -0.25) is 0 Å². The van der Waals surface area contributed by atoms with Gasteiger partial charge in [-0.25, -0.2) is 4.79 Å². The maximum Gasteiger partial charge on any atom is 0.328 e. The number of carboxylic acids is 1. The van der Waals surface area contributed by atoms with Crippen molar-refractivity contribution in [2.75, 3.05) is 0 Å². The summed E-state index contributed by atoms with van der Waals surface area (Å²) in [5.74, 6) is -0.897. The Bertz CT molecular complexity index is 292. The Morgan fingerprint density at radius 1 is 0.810 bits per heavy atom. The molecule has 0 radical (unpaired) electrons. The second kappa shape index (κ2) is 15.3. The summed E-state index contributed by atoms with van der Waals surface area (Å²) in [6.45, 7) is 6.13. The molecule has 0 fully saturated rings. The second-order valence-electron chi connectivity index (χ2n) is 5.97. The summed E-state index contributed by atoms with van der Waals surface area (Å²) in [6, 6.07) is 0. The van der Waals surface area contributed by atoms with Crippen molar-refractivity contribution in [2.24, 2.45) is 0 Å². The van der Waals surface area contributed by atoms with Crippen molar-refractivity contribution in [2.45, 2.75) is 90.4 Å². The van der Waals surface area contributed by atoms with E-state index in [1.54, 1.807) is 6.08 Å². The molecule has 0 aromatic heterocycles. The predicted molar refractivity (Wildman–Crippen MR) is 91.6 cm³/mol. The molecule has 0 aromatic carbocycles. The van der Waals surface area contributed by atoms with Crippen LogP contribution in [0.25, 0.3) is 0 Å². The van der Waals surface area contributed by atoms with Crippen molar-refractivity contribution in [1.29, 1.82) is 0 Å². The minimum absolute atomic E-state index is 0.897. The fourth-order valence-corrected chi connectivity index (χ4v) is 2.47. The van der Waals surface area contributed by atoms with Crippen LogP contribution in [0.15, 0.2) is 24.3 Å². The third-order valence-electron chi connectivity index (χ3n) is 3.81. The summed E-state index contributed by atoms with van der Waals surface area (Å²) >= 11 is 0. The van der Waals surface area contributed by atoms with Gasteiger partial charge in [-0.05, 0) is 12.8 Å². The van der Waals surface area contributed by atoms with Gasteiger partial charge in [-0.2, -0.15) is 0 Å². The van der Waals surface area contributed by atoms with Crippen LogP contribution in [-0.2, 0) is 4.79 Å². The SMILES string of the molecule is C=C(C=CC(=O)O)CCCCCCCCCCCCCC. The van der Waals surface area contributed by atoms with Crippen molar-refractivity contribution < 1.29 is 9.90 Å². The highest BCUT2D eigenvalue weighted by atomic mass is 16.4. The molecule has 0 bridgehead atoms. The first-order chi connectivity index (χ1) is 10.2. The number of aliphatic carboxylic acids is 1. The molecule has 21 heavy (non-hydrogen) atoms. The molecule has 0 spiro atoms. The largest absolute Gasteiger partial charge is 0.478 e. The van der Waals surface area contributed by atoms with Gasteiger partial charge in [0.2, 0.25) is 0 Å². The number of rotatable bonds is 15. The molecule has 0 amide bonds. The van der Waals surface area contributed by atoms with Crippen LogP contribution < -0.4 is 0 Å². The highest BCUT2D eigenvalue weighted by molar-refractivity contribution is 5.80. The third-order valence-corrected chi connectivity index (χ3v) is 3.81. The lowest BCUT2D eigenvalue weighted by molar-refractivity contribution is -0.131. The number of carbonyl (C=O) groups is 1. The molecule has 0 aliphatic carbocycles. The summed E-state index contributed by atoms with van der Waals surface area (Å²) < 4.78 is 0. The quantitative estimate of drug-likeness (QED) is 0.219.